The van der Waals surface area contributed by atoms with Crippen LogP contribution >= 0.6 is 0 Å². The summed E-state index contributed by atoms with van der Waals surface area (Å²) in [4.78, 5) is 13.3. The van der Waals surface area contributed by atoms with Crippen LogP contribution in [0.3, 0.4) is 0 Å². The summed E-state index contributed by atoms with van der Waals surface area (Å²) in [5.74, 6) is 0.0566. The minimum absolute atomic E-state index is 0.0566. The van der Waals surface area contributed by atoms with Gasteiger partial charge < -0.3 is 14.7 Å². The third-order valence-corrected chi connectivity index (χ3v) is 3.18. The number of carbonyl (C=O) groups is 1. The second kappa shape index (κ2) is 3.21. The van der Waals surface area contributed by atoms with Crippen LogP contribution < -0.4 is 0 Å². The van der Waals surface area contributed by atoms with Crippen molar-refractivity contribution in [2.24, 2.45) is 0 Å². The highest BCUT2D eigenvalue weighted by atomic mass is 16.5. The molecule has 2 atom stereocenters. The summed E-state index contributed by atoms with van der Waals surface area (Å²) in [5.41, 5.74) is -0.264. The molecule has 2 fully saturated rings. The van der Waals surface area contributed by atoms with E-state index in [1.165, 1.54) is 0 Å². The molecule has 2 heterocycles. The van der Waals surface area contributed by atoms with Crippen molar-refractivity contribution in [1.29, 1.82) is 0 Å². The lowest BCUT2D eigenvalue weighted by Crippen LogP contribution is -2.47. The lowest BCUT2D eigenvalue weighted by molar-refractivity contribution is -0.132. The van der Waals surface area contributed by atoms with Crippen LogP contribution in [0.1, 0.15) is 26.7 Å². The van der Waals surface area contributed by atoms with Crippen molar-refractivity contribution in [2.45, 2.75) is 44.4 Å². The lowest BCUT2D eigenvalue weighted by Gasteiger charge is -2.33. The van der Waals surface area contributed by atoms with Gasteiger partial charge in [-0.2, -0.15) is 0 Å². The Labute approximate surface area is 83.8 Å². The molecule has 80 valence electrons. The van der Waals surface area contributed by atoms with Gasteiger partial charge in [-0.05, 0) is 20.3 Å². The predicted octanol–water partition coefficient (Wildman–Crippen LogP) is 0.147. The molecule has 0 aromatic rings. The molecule has 1 N–H and O–H groups in total. The van der Waals surface area contributed by atoms with E-state index in [-0.39, 0.29) is 24.0 Å². The third-order valence-electron chi connectivity index (χ3n) is 3.18. The summed E-state index contributed by atoms with van der Waals surface area (Å²) < 4.78 is 5.57. The van der Waals surface area contributed by atoms with Crippen molar-refractivity contribution in [2.75, 3.05) is 13.2 Å². The van der Waals surface area contributed by atoms with Crippen LogP contribution in [0.15, 0.2) is 0 Å². The van der Waals surface area contributed by atoms with Gasteiger partial charge in [0, 0.05) is 13.2 Å². The molecule has 4 heteroatoms. The first-order valence-corrected chi connectivity index (χ1v) is 5.12. The summed E-state index contributed by atoms with van der Waals surface area (Å²) in [6.45, 7) is 5.18. The Morgan fingerprint density at radius 1 is 1.57 bits per heavy atom. The molecule has 0 aromatic heterocycles. The van der Waals surface area contributed by atoms with E-state index in [0.717, 1.165) is 6.42 Å². The molecule has 0 aliphatic carbocycles. The van der Waals surface area contributed by atoms with Crippen LogP contribution in [0.25, 0.3) is 0 Å². The van der Waals surface area contributed by atoms with Crippen molar-refractivity contribution >= 4 is 5.91 Å². The number of ether oxygens (including phenoxy) is 1. The number of β-amino-alcohol motifs (C(OH)–C–C–N with tert-alkyl or cyclic N) is 1. The average Bonchev–Trinajstić information content (AvgIpc) is 2.54. The molecule has 14 heavy (non-hydrogen) atoms. The van der Waals surface area contributed by atoms with Gasteiger partial charge in [0.05, 0.1) is 24.2 Å². The van der Waals surface area contributed by atoms with E-state index < -0.39 is 6.10 Å². The summed E-state index contributed by atoms with van der Waals surface area (Å²) >= 11 is 0. The van der Waals surface area contributed by atoms with Crippen molar-refractivity contribution in [3.05, 3.63) is 0 Å². The minimum Gasteiger partial charge on any atom is -0.391 e. The molecule has 2 rings (SSSR count). The van der Waals surface area contributed by atoms with Crippen LogP contribution in [-0.4, -0.2) is 46.8 Å². The van der Waals surface area contributed by atoms with Gasteiger partial charge in [-0.1, -0.05) is 0 Å². The van der Waals surface area contributed by atoms with Crippen LogP contribution in [-0.2, 0) is 9.53 Å². The molecule has 2 unspecified atom stereocenters. The maximum absolute atomic E-state index is 11.6. The Balaban J connectivity index is 2.12. The Hall–Kier alpha value is -0.610. The monoisotopic (exact) mass is 199 g/mol. The topological polar surface area (TPSA) is 49.8 Å². The normalized spacial score (nSPS) is 36.8. The molecule has 2 saturated heterocycles. The first kappa shape index (κ1) is 9.93. The number of nitrogens with zero attached hydrogens (tertiary/aromatic N) is 1. The van der Waals surface area contributed by atoms with Gasteiger partial charge in [-0.25, -0.2) is 0 Å². The van der Waals surface area contributed by atoms with E-state index in [1.807, 2.05) is 13.8 Å². The van der Waals surface area contributed by atoms with E-state index in [0.29, 0.717) is 13.2 Å². The standard InChI is InChI=1S/C10H17NO3/c1-10(2)8(3-4-14-10)11-6-7(12)5-9(11)13/h7-8,12H,3-6H2,1-2H3. The molecule has 1 amide bonds. The smallest absolute Gasteiger partial charge is 0.225 e. The molecule has 0 radical (unpaired) electrons. The van der Waals surface area contributed by atoms with Gasteiger partial charge >= 0.3 is 0 Å². The minimum atomic E-state index is -0.487. The number of carbonyl (C=O) groups excluding carboxylic acids is 1. The Morgan fingerprint density at radius 3 is 2.71 bits per heavy atom. The van der Waals surface area contributed by atoms with Crippen molar-refractivity contribution < 1.29 is 14.6 Å². The van der Waals surface area contributed by atoms with Gasteiger partial charge in [0.2, 0.25) is 5.91 Å². The first-order chi connectivity index (χ1) is 6.50. The second-order valence-corrected chi connectivity index (χ2v) is 4.66. The van der Waals surface area contributed by atoms with Crippen molar-refractivity contribution in [3.63, 3.8) is 0 Å². The van der Waals surface area contributed by atoms with E-state index in [1.54, 1.807) is 4.90 Å². The van der Waals surface area contributed by atoms with E-state index >= 15 is 0 Å². The molecular formula is C10H17NO3. The fourth-order valence-electron chi connectivity index (χ4n) is 2.42. The number of likely N-dealkylation sites (tertiary alicyclic amines) is 1. The zero-order valence-corrected chi connectivity index (χ0v) is 8.69. The summed E-state index contributed by atoms with van der Waals surface area (Å²) in [6, 6.07) is 0.132. The molecule has 4 nitrogen and oxygen atoms in total. The molecule has 2 aliphatic rings. The van der Waals surface area contributed by atoms with E-state index in [2.05, 4.69) is 0 Å². The molecule has 0 aromatic carbocycles. The Kier molecular flexibility index (Phi) is 2.27. The predicted molar refractivity (Wildman–Crippen MR) is 50.8 cm³/mol. The number of rotatable bonds is 1. The lowest BCUT2D eigenvalue weighted by atomic mass is 9.97. The molecule has 0 bridgehead atoms. The zero-order chi connectivity index (χ0) is 10.3. The Morgan fingerprint density at radius 2 is 2.29 bits per heavy atom. The van der Waals surface area contributed by atoms with Crippen molar-refractivity contribution in [3.8, 4) is 0 Å². The number of amides is 1. The SMILES string of the molecule is CC1(C)OCCC1N1CC(O)CC1=O. The summed E-state index contributed by atoms with van der Waals surface area (Å²) in [5, 5.41) is 9.40. The van der Waals surface area contributed by atoms with Gasteiger partial charge in [-0.15, -0.1) is 0 Å². The summed E-state index contributed by atoms with van der Waals surface area (Å²) in [7, 11) is 0. The molecule has 2 aliphatic heterocycles. The maximum atomic E-state index is 11.6. The fraction of sp³-hybridized carbons (Fsp3) is 0.900. The van der Waals surface area contributed by atoms with Gasteiger partial charge in [-0.3, -0.25) is 4.79 Å². The van der Waals surface area contributed by atoms with Crippen LogP contribution in [0.4, 0.5) is 0 Å². The number of aliphatic hydroxyl groups is 1. The molecule has 0 spiro atoms. The number of aliphatic hydroxyl groups excluding tert-OH is 1. The quantitative estimate of drug-likeness (QED) is 0.654. The van der Waals surface area contributed by atoms with Crippen LogP contribution in [0.5, 0.6) is 0 Å². The van der Waals surface area contributed by atoms with Crippen LogP contribution in [0, 0.1) is 0 Å². The van der Waals surface area contributed by atoms with Gasteiger partial charge in [0.15, 0.2) is 0 Å². The molecule has 0 saturated carbocycles. The highest BCUT2D eigenvalue weighted by Gasteiger charge is 2.44. The fourth-order valence-corrected chi connectivity index (χ4v) is 2.42. The highest BCUT2D eigenvalue weighted by molar-refractivity contribution is 5.79. The average molecular weight is 199 g/mol. The van der Waals surface area contributed by atoms with Gasteiger partial charge in [0.1, 0.15) is 0 Å². The third kappa shape index (κ3) is 1.53. The maximum Gasteiger partial charge on any atom is 0.225 e. The molecular weight excluding hydrogens is 182 g/mol. The number of hydrogen-bond acceptors (Lipinski definition) is 3. The summed E-state index contributed by atoms with van der Waals surface area (Å²) in [6.07, 6.45) is 0.664. The Bertz CT molecular complexity index is 252. The zero-order valence-electron chi connectivity index (χ0n) is 8.69. The second-order valence-electron chi connectivity index (χ2n) is 4.66. The van der Waals surface area contributed by atoms with Gasteiger partial charge in [0.25, 0.3) is 0 Å². The highest BCUT2D eigenvalue weighted by Crippen LogP contribution is 2.32. The van der Waals surface area contributed by atoms with Crippen LogP contribution in [0.2, 0.25) is 0 Å². The first-order valence-electron chi connectivity index (χ1n) is 5.12. The van der Waals surface area contributed by atoms with Crippen molar-refractivity contribution in [1.82, 2.24) is 4.90 Å². The number of hydrogen-bond donors (Lipinski definition) is 1. The van der Waals surface area contributed by atoms with E-state index in [4.69, 9.17) is 4.74 Å². The van der Waals surface area contributed by atoms with E-state index in [9.17, 15) is 9.90 Å². The largest absolute Gasteiger partial charge is 0.391 e.